The Labute approximate surface area is 132 Å². The zero-order valence-corrected chi connectivity index (χ0v) is 13.0. The molecule has 0 aliphatic heterocycles. The lowest BCUT2D eigenvalue weighted by atomic mass is 9.76. The molecule has 1 aliphatic carbocycles. The molecule has 3 N–H and O–H groups in total. The molecule has 1 amide bonds. The molecule has 0 saturated heterocycles. The van der Waals surface area contributed by atoms with E-state index in [1.54, 1.807) is 24.3 Å². The monoisotopic (exact) mass is 318 g/mol. The maximum Gasteiger partial charge on any atom is 0.252 e. The Hall–Kier alpha value is -1.92. The van der Waals surface area contributed by atoms with Gasteiger partial charge in [-0.05, 0) is 43.2 Å². The average molecular weight is 318 g/mol. The molecule has 2 aromatic rings. The Morgan fingerprint density at radius 3 is 2.82 bits per heavy atom. The van der Waals surface area contributed by atoms with Crippen molar-refractivity contribution in [3.63, 3.8) is 0 Å². The van der Waals surface area contributed by atoms with Crippen LogP contribution in [-0.4, -0.2) is 22.1 Å². The first-order valence-electron chi connectivity index (χ1n) is 7.26. The second-order valence-electron chi connectivity index (χ2n) is 5.77. The summed E-state index contributed by atoms with van der Waals surface area (Å²) < 4.78 is 0. The second kappa shape index (κ2) is 6.06. The van der Waals surface area contributed by atoms with Gasteiger partial charge in [0.2, 0.25) is 5.56 Å². The van der Waals surface area contributed by atoms with Crippen molar-refractivity contribution in [2.45, 2.75) is 31.9 Å². The summed E-state index contributed by atoms with van der Waals surface area (Å²) in [5.41, 5.74) is 0.740. The van der Waals surface area contributed by atoms with Crippen LogP contribution in [0.3, 0.4) is 0 Å². The summed E-state index contributed by atoms with van der Waals surface area (Å²) in [4.78, 5) is 27.7. The normalized spacial score (nSPS) is 21.9. The summed E-state index contributed by atoms with van der Waals surface area (Å²) in [6, 6.07) is 6.80. The van der Waals surface area contributed by atoms with Crippen LogP contribution in [0.2, 0.25) is 0 Å². The quantitative estimate of drug-likeness (QED) is 0.806. The SMILES string of the molecule is Cc1cc(C(=O)NC(c2cccs2)C2CC(O)C2)cc(=O)[nH]1. The van der Waals surface area contributed by atoms with E-state index in [1.807, 2.05) is 17.5 Å². The highest BCUT2D eigenvalue weighted by Gasteiger charge is 2.36. The van der Waals surface area contributed by atoms with Crippen LogP contribution >= 0.6 is 11.3 Å². The van der Waals surface area contributed by atoms with E-state index >= 15 is 0 Å². The number of nitrogens with one attached hydrogen (secondary N) is 2. The zero-order chi connectivity index (χ0) is 15.7. The van der Waals surface area contributed by atoms with Crippen LogP contribution in [0.5, 0.6) is 0 Å². The van der Waals surface area contributed by atoms with E-state index < -0.39 is 0 Å². The largest absolute Gasteiger partial charge is 0.393 e. The number of H-pyrrole nitrogens is 1. The van der Waals surface area contributed by atoms with Gasteiger partial charge in [-0.2, -0.15) is 0 Å². The molecule has 1 unspecified atom stereocenters. The maximum atomic E-state index is 12.5. The van der Waals surface area contributed by atoms with Crippen LogP contribution in [0.15, 0.2) is 34.4 Å². The predicted molar refractivity (Wildman–Crippen MR) is 85.1 cm³/mol. The molecular weight excluding hydrogens is 300 g/mol. The molecule has 0 aromatic carbocycles. The average Bonchev–Trinajstić information content (AvgIpc) is 2.94. The van der Waals surface area contributed by atoms with Crippen LogP contribution in [0.25, 0.3) is 0 Å². The Kier molecular flexibility index (Phi) is 4.13. The lowest BCUT2D eigenvalue weighted by Gasteiger charge is -2.37. The van der Waals surface area contributed by atoms with Gasteiger partial charge in [-0.25, -0.2) is 0 Å². The first-order chi connectivity index (χ1) is 10.5. The first-order valence-corrected chi connectivity index (χ1v) is 8.14. The van der Waals surface area contributed by atoms with Gasteiger partial charge in [0.25, 0.3) is 5.91 Å². The highest BCUT2D eigenvalue weighted by Crippen LogP contribution is 2.39. The Morgan fingerprint density at radius 2 is 2.23 bits per heavy atom. The number of aliphatic hydroxyl groups is 1. The van der Waals surface area contributed by atoms with E-state index in [4.69, 9.17) is 0 Å². The molecule has 1 saturated carbocycles. The Bertz CT molecular complexity index is 717. The van der Waals surface area contributed by atoms with Crippen LogP contribution in [0.4, 0.5) is 0 Å². The summed E-state index contributed by atoms with van der Waals surface area (Å²) in [6.45, 7) is 1.75. The number of carbonyl (C=O) groups is 1. The summed E-state index contributed by atoms with van der Waals surface area (Å²) in [6.07, 6.45) is 1.11. The standard InChI is InChI=1S/C16H18N2O3S/c1-9-5-11(8-14(20)17-9)16(21)18-15(10-6-12(19)7-10)13-3-2-4-22-13/h2-5,8,10,12,15,19H,6-7H2,1H3,(H,17,20)(H,18,21). The van der Waals surface area contributed by atoms with Crippen molar-refractivity contribution in [2.75, 3.05) is 0 Å². The molecule has 0 spiro atoms. The van der Waals surface area contributed by atoms with Crippen LogP contribution < -0.4 is 10.9 Å². The number of hydrogen-bond donors (Lipinski definition) is 3. The van der Waals surface area contributed by atoms with Crippen LogP contribution in [0, 0.1) is 12.8 Å². The number of rotatable bonds is 4. The third-order valence-electron chi connectivity index (χ3n) is 4.00. The fourth-order valence-corrected chi connectivity index (χ4v) is 3.70. The maximum absolute atomic E-state index is 12.5. The second-order valence-corrected chi connectivity index (χ2v) is 6.75. The molecule has 22 heavy (non-hydrogen) atoms. The number of aromatic amines is 1. The Morgan fingerprint density at radius 1 is 1.45 bits per heavy atom. The van der Waals surface area contributed by atoms with Crippen molar-refractivity contribution < 1.29 is 9.90 Å². The van der Waals surface area contributed by atoms with Crippen molar-refractivity contribution in [1.82, 2.24) is 10.3 Å². The summed E-state index contributed by atoms with van der Waals surface area (Å²) in [5, 5.41) is 14.5. The molecule has 6 heteroatoms. The van der Waals surface area contributed by atoms with Gasteiger partial charge in [0, 0.05) is 22.2 Å². The number of hydrogen-bond acceptors (Lipinski definition) is 4. The van der Waals surface area contributed by atoms with Crippen molar-refractivity contribution in [2.24, 2.45) is 5.92 Å². The van der Waals surface area contributed by atoms with Gasteiger partial charge in [-0.3, -0.25) is 9.59 Å². The highest BCUT2D eigenvalue weighted by molar-refractivity contribution is 7.10. The summed E-state index contributed by atoms with van der Waals surface area (Å²) >= 11 is 1.59. The van der Waals surface area contributed by atoms with Gasteiger partial charge in [0.1, 0.15) is 0 Å². The molecule has 0 bridgehead atoms. The number of amides is 1. The third-order valence-corrected chi connectivity index (χ3v) is 4.95. The molecule has 1 fully saturated rings. The van der Waals surface area contributed by atoms with E-state index in [0.29, 0.717) is 24.1 Å². The molecule has 1 aliphatic rings. The van der Waals surface area contributed by atoms with Gasteiger partial charge >= 0.3 is 0 Å². The van der Waals surface area contributed by atoms with E-state index in [0.717, 1.165) is 4.88 Å². The van der Waals surface area contributed by atoms with Crippen LogP contribution in [0.1, 0.15) is 39.8 Å². The number of pyridine rings is 1. The lowest BCUT2D eigenvalue weighted by molar-refractivity contribution is 0.0241. The van der Waals surface area contributed by atoms with Gasteiger partial charge in [-0.15, -0.1) is 11.3 Å². The van der Waals surface area contributed by atoms with Crippen molar-refractivity contribution >= 4 is 17.2 Å². The highest BCUT2D eigenvalue weighted by atomic mass is 32.1. The first kappa shape index (κ1) is 15.0. The molecule has 2 aromatic heterocycles. The fraction of sp³-hybridized carbons (Fsp3) is 0.375. The lowest BCUT2D eigenvalue weighted by Crippen LogP contribution is -2.41. The molecule has 2 heterocycles. The van der Waals surface area contributed by atoms with Crippen molar-refractivity contribution in [1.29, 1.82) is 0 Å². The topological polar surface area (TPSA) is 82.2 Å². The van der Waals surface area contributed by atoms with Gasteiger partial charge in [-0.1, -0.05) is 6.07 Å². The fourth-order valence-electron chi connectivity index (χ4n) is 2.83. The minimum atomic E-state index is -0.281. The number of aliphatic hydroxyl groups excluding tert-OH is 1. The summed E-state index contributed by atoms with van der Waals surface area (Å²) in [5.74, 6) is -0.0188. The third kappa shape index (κ3) is 3.13. The summed E-state index contributed by atoms with van der Waals surface area (Å²) in [7, 11) is 0. The molecule has 3 rings (SSSR count). The van der Waals surface area contributed by atoms with E-state index in [1.165, 1.54) is 6.07 Å². The minimum absolute atomic E-state index is 0.115. The molecule has 0 radical (unpaired) electrons. The minimum Gasteiger partial charge on any atom is -0.393 e. The number of carbonyl (C=O) groups excluding carboxylic acids is 1. The molecule has 116 valence electrons. The van der Waals surface area contributed by atoms with E-state index in [9.17, 15) is 14.7 Å². The van der Waals surface area contributed by atoms with Gasteiger partial charge < -0.3 is 15.4 Å². The van der Waals surface area contributed by atoms with Gasteiger partial charge in [0.15, 0.2) is 0 Å². The van der Waals surface area contributed by atoms with E-state index in [2.05, 4.69) is 10.3 Å². The number of aryl methyl sites for hydroxylation is 1. The Balaban J connectivity index is 1.81. The van der Waals surface area contributed by atoms with Crippen molar-refractivity contribution in [3.05, 3.63) is 56.1 Å². The predicted octanol–water partition coefficient (Wildman–Crippen LogP) is 1.99. The number of thiophene rings is 1. The van der Waals surface area contributed by atoms with E-state index in [-0.39, 0.29) is 29.5 Å². The smallest absolute Gasteiger partial charge is 0.252 e. The van der Waals surface area contributed by atoms with Crippen molar-refractivity contribution in [3.8, 4) is 0 Å². The molecule has 1 atom stereocenters. The van der Waals surface area contributed by atoms with Gasteiger partial charge in [0.05, 0.1) is 12.1 Å². The molecular formula is C16H18N2O3S. The molecule has 5 nitrogen and oxygen atoms in total. The zero-order valence-electron chi connectivity index (χ0n) is 12.2. The van der Waals surface area contributed by atoms with Crippen LogP contribution in [-0.2, 0) is 0 Å². The number of aromatic nitrogens is 1.